The fraction of sp³-hybridized carbons (Fsp3) is 1.00. The molecule has 3 N–H and O–H groups in total. The minimum absolute atomic E-state index is 0.212. The van der Waals surface area contributed by atoms with E-state index < -0.39 is 0 Å². The van der Waals surface area contributed by atoms with E-state index in [2.05, 4.69) is 5.32 Å². The highest BCUT2D eigenvalue weighted by molar-refractivity contribution is 4.92. The lowest BCUT2D eigenvalue weighted by molar-refractivity contribution is 0.227. The van der Waals surface area contributed by atoms with Crippen LogP contribution in [0.1, 0.15) is 51.4 Å². The highest BCUT2D eigenvalue weighted by atomic mass is 14.9. The molecule has 0 amide bonds. The van der Waals surface area contributed by atoms with Crippen LogP contribution in [-0.2, 0) is 0 Å². The van der Waals surface area contributed by atoms with E-state index in [1.165, 1.54) is 57.9 Å². The zero-order chi connectivity index (χ0) is 9.86. The molecule has 14 heavy (non-hydrogen) atoms. The van der Waals surface area contributed by atoms with E-state index in [0.717, 1.165) is 12.5 Å². The Bertz CT molecular complexity index is 171. The normalized spacial score (nSPS) is 25.5. The standard InChI is InChI=1S/C12H24N2/c13-12(6-2-7-12)8-10-14-9-5-11-3-1-4-11/h11,14H,1-10,13H2. The monoisotopic (exact) mass is 196 g/mol. The summed E-state index contributed by atoms with van der Waals surface area (Å²) in [5, 5.41) is 3.53. The zero-order valence-electron chi connectivity index (χ0n) is 9.23. The minimum atomic E-state index is 0.212. The molecule has 0 aliphatic heterocycles. The van der Waals surface area contributed by atoms with Crippen LogP contribution in [0.15, 0.2) is 0 Å². The highest BCUT2D eigenvalue weighted by Gasteiger charge is 2.31. The molecule has 0 saturated heterocycles. The first-order chi connectivity index (χ1) is 6.79. The van der Waals surface area contributed by atoms with Gasteiger partial charge in [-0.1, -0.05) is 19.3 Å². The molecular weight excluding hydrogens is 172 g/mol. The Kier molecular flexibility index (Phi) is 3.45. The van der Waals surface area contributed by atoms with Gasteiger partial charge in [-0.05, 0) is 51.1 Å². The Morgan fingerprint density at radius 3 is 2.43 bits per heavy atom. The SMILES string of the molecule is NC1(CCNCCC2CCC2)CCC1. The molecule has 0 heterocycles. The number of nitrogens with two attached hydrogens (primary N) is 1. The van der Waals surface area contributed by atoms with Gasteiger partial charge in [-0.15, -0.1) is 0 Å². The van der Waals surface area contributed by atoms with Crippen molar-refractivity contribution in [2.75, 3.05) is 13.1 Å². The second kappa shape index (κ2) is 4.63. The van der Waals surface area contributed by atoms with Gasteiger partial charge < -0.3 is 11.1 Å². The summed E-state index contributed by atoms with van der Waals surface area (Å²) in [6, 6.07) is 0. The van der Waals surface area contributed by atoms with Crippen LogP contribution in [0.5, 0.6) is 0 Å². The molecule has 0 unspecified atom stereocenters. The maximum Gasteiger partial charge on any atom is 0.0166 e. The number of rotatable bonds is 6. The maximum atomic E-state index is 6.14. The van der Waals surface area contributed by atoms with Gasteiger partial charge in [0.1, 0.15) is 0 Å². The van der Waals surface area contributed by atoms with E-state index in [1.54, 1.807) is 0 Å². The van der Waals surface area contributed by atoms with E-state index in [-0.39, 0.29) is 5.54 Å². The molecule has 0 aromatic carbocycles. The first-order valence-corrected chi connectivity index (χ1v) is 6.28. The number of hydrogen-bond acceptors (Lipinski definition) is 2. The number of hydrogen-bond donors (Lipinski definition) is 2. The lowest BCUT2D eigenvalue weighted by atomic mass is 9.75. The fourth-order valence-corrected chi connectivity index (χ4v) is 2.43. The first-order valence-electron chi connectivity index (χ1n) is 6.28. The third kappa shape index (κ3) is 2.71. The van der Waals surface area contributed by atoms with Crippen LogP contribution in [0.3, 0.4) is 0 Å². The Hall–Kier alpha value is -0.0800. The van der Waals surface area contributed by atoms with Gasteiger partial charge >= 0.3 is 0 Å². The second-order valence-corrected chi connectivity index (χ2v) is 5.30. The molecule has 0 aromatic rings. The van der Waals surface area contributed by atoms with E-state index in [0.29, 0.717) is 0 Å². The van der Waals surface area contributed by atoms with Crippen molar-refractivity contribution in [2.24, 2.45) is 11.7 Å². The van der Waals surface area contributed by atoms with Crippen molar-refractivity contribution < 1.29 is 0 Å². The third-order valence-electron chi connectivity index (χ3n) is 4.10. The van der Waals surface area contributed by atoms with Crippen molar-refractivity contribution in [2.45, 2.75) is 56.9 Å². The second-order valence-electron chi connectivity index (χ2n) is 5.30. The lowest BCUT2D eigenvalue weighted by Gasteiger charge is -2.38. The van der Waals surface area contributed by atoms with Gasteiger partial charge in [0.2, 0.25) is 0 Å². The summed E-state index contributed by atoms with van der Waals surface area (Å²) in [6.45, 7) is 2.34. The Balaban J connectivity index is 1.42. The predicted octanol–water partition coefficient (Wildman–Crippen LogP) is 2.04. The molecule has 2 heteroatoms. The largest absolute Gasteiger partial charge is 0.325 e. The van der Waals surface area contributed by atoms with Crippen LogP contribution in [0.25, 0.3) is 0 Å². The average molecular weight is 196 g/mol. The quantitative estimate of drug-likeness (QED) is 0.638. The maximum absolute atomic E-state index is 6.14. The summed E-state index contributed by atoms with van der Waals surface area (Å²) in [5.74, 6) is 1.04. The molecule has 2 aliphatic carbocycles. The van der Waals surface area contributed by atoms with Crippen molar-refractivity contribution in [3.8, 4) is 0 Å². The van der Waals surface area contributed by atoms with Crippen molar-refractivity contribution >= 4 is 0 Å². The summed E-state index contributed by atoms with van der Waals surface area (Å²) in [5.41, 5.74) is 6.35. The minimum Gasteiger partial charge on any atom is -0.325 e. The van der Waals surface area contributed by atoms with Gasteiger partial charge in [0.05, 0.1) is 0 Å². The molecule has 0 aromatic heterocycles. The highest BCUT2D eigenvalue weighted by Crippen LogP contribution is 2.31. The molecule has 0 radical (unpaired) electrons. The van der Waals surface area contributed by atoms with Crippen LogP contribution < -0.4 is 11.1 Å². The molecule has 0 bridgehead atoms. The van der Waals surface area contributed by atoms with Gasteiger partial charge in [-0.25, -0.2) is 0 Å². The topological polar surface area (TPSA) is 38.0 Å². The molecule has 82 valence electrons. The van der Waals surface area contributed by atoms with E-state index >= 15 is 0 Å². The summed E-state index contributed by atoms with van der Waals surface area (Å²) in [7, 11) is 0. The fourth-order valence-electron chi connectivity index (χ4n) is 2.43. The molecule has 2 fully saturated rings. The van der Waals surface area contributed by atoms with Crippen molar-refractivity contribution in [1.29, 1.82) is 0 Å². The molecule has 0 atom stereocenters. The zero-order valence-corrected chi connectivity index (χ0v) is 9.23. The summed E-state index contributed by atoms with van der Waals surface area (Å²) >= 11 is 0. The van der Waals surface area contributed by atoms with Gasteiger partial charge in [-0.3, -0.25) is 0 Å². The first kappa shape index (κ1) is 10.4. The van der Waals surface area contributed by atoms with Crippen molar-refractivity contribution in [3.05, 3.63) is 0 Å². The summed E-state index contributed by atoms with van der Waals surface area (Å²) in [6.07, 6.45) is 10.8. The van der Waals surface area contributed by atoms with Gasteiger partial charge in [-0.2, -0.15) is 0 Å². The summed E-state index contributed by atoms with van der Waals surface area (Å²) < 4.78 is 0. The van der Waals surface area contributed by atoms with Crippen molar-refractivity contribution in [3.63, 3.8) is 0 Å². The van der Waals surface area contributed by atoms with Crippen LogP contribution in [0.2, 0.25) is 0 Å². The molecule has 2 saturated carbocycles. The van der Waals surface area contributed by atoms with E-state index in [4.69, 9.17) is 5.73 Å². The lowest BCUT2D eigenvalue weighted by Crippen LogP contribution is -2.48. The average Bonchev–Trinajstić information content (AvgIpc) is 2.05. The van der Waals surface area contributed by atoms with Gasteiger partial charge in [0.15, 0.2) is 0 Å². The Morgan fingerprint density at radius 1 is 1.14 bits per heavy atom. The Morgan fingerprint density at radius 2 is 1.93 bits per heavy atom. The molecule has 2 aliphatic rings. The molecule has 2 rings (SSSR count). The number of nitrogens with one attached hydrogen (secondary N) is 1. The Labute approximate surface area is 87.6 Å². The van der Waals surface area contributed by atoms with Crippen LogP contribution in [-0.4, -0.2) is 18.6 Å². The molecule has 0 spiro atoms. The smallest absolute Gasteiger partial charge is 0.0166 e. The molecule has 2 nitrogen and oxygen atoms in total. The van der Waals surface area contributed by atoms with Crippen LogP contribution in [0, 0.1) is 5.92 Å². The van der Waals surface area contributed by atoms with Crippen LogP contribution in [0.4, 0.5) is 0 Å². The van der Waals surface area contributed by atoms with Crippen LogP contribution >= 0.6 is 0 Å². The van der Waals surface area contributed by atoms with Crippen molar-refractivity contribution in [1.82, 2.24) is 5.32 Å². The predicted molar refractivity (Wildman–Crippen MR) is 60.2 cm³/mol. The van der Waals surface area contributed by atoms with E-state index in [9.17, 15) is 0 Å². The molecular formula is C12H24N2. The third-order valence-corrected chi connectivity index (χ3v) is 4.10. The summed E-state index contributed by atoms with van der Waals surface area (Å²) in [4.78, 5) is 0. The van der Waals surface area contributed by atoms with Gasteiger partial charge in [0, 0.05) is 5.54 Å². The van der Waals surface area contributed by atoms with E-state index in [1.807, 2.05) is 0 Å². The van der Waals surface area contributed by atoms with Gasteiger partial charge in [0.25, 0.3) is 0 Å².